The van der Waals surface area contributed by atoms with Crippen LogP contribution in [0.15, 0.2) is 24.3 Å². The van der Waals surface area contributed by atoms with Gasteiger partial charge in [0, 0.05) is 42.7 Å². The second-order valence-corrected chi connectivity index (χ2v) is 7.26. The van der Waals surface area contributed by atoms with E-state index >= 15 is 0 Å². The van der Waals surface area contributed by atoms with Gasteiger partial charge < -0.3 is 15.5 Å². The molecule has 1 unspecified atom stereocenters. The summed E-state index contributed by atoms with van der Waals surface area (Å²) in [7, 11) is 0. The molecule has 0 spiro atoms. The smallest absolute Gasteiger partial charge is 0.244 e. The second-order valence-electron chi connectivity index (χ2n) is 6.11. The molecule has 25 heavy (non-hydrogen) atoms. The minimum absolute atomic E-state index is 0. The molecule has 2 rings (SSSR count). The fourth-order valence-corrected chi connectivity index (χ4v) is 3.68. The lowest BCUT2D eigenvalue weighted by Gasteiger charge is -2.27. The van der Waals surface area contributed by atoms with Crippen LogP contribution in [0.2, 0.25) is 0 Å². The highest BCUT2D eigenvalue weighted by Crippen LogP contribution is 2.14. The highest BCUT2D eigenvalue weighted by Gasteiger charge is 2.22. The minimum Gasteiger partial charge on any atom is -0.333 e. The number of halogens is 1. The van der Waals surface area contributed by atoms with Gasteiger partial charge in [-0.25, -0.2) is 0 Å². The van der Waals surface area contributed by atoms with Gasteiger partial charge in [0.2, 0.25) is 11.8 Å². The summed E-state index contributed by atoms with van der Waals surface area (Å²) in [4.78, 5) is 26.5. The first-order chi connectivity index (χ1) is 11.6. The summed E-state index contributed by atoms with van der Waals surface area (Å²) in [5.41, 5.74) is 1.82. The Morgan fingerprint density at radius 3 is 2.76 bits per heavy atom. The average Bonchev–Trinajstić information content (AvgIpc) is 2.57. The van der Waals surface area contributed by atoms with Crippen LogP contribution < -0.4 is 10.6 Å². The summed E-state index contributed by atoms with van der Waals surface area (Å²) in [6, 6.07) is 7.88. The third-order valence-electron chi connectivity index (χ3n) is 4.02. The van der Waals surface area contributed by atoms with Crippen LogP contribution in [0.5, 0.6) is 0 Å². The largest absolute Gasteiger partial charge is 0.333 e. The molecule has 1 heterocycles. The van der Waals surface area contributed by atoms with Gasteiger partial charge in [0.25, 0.3) is 0 Å². The van der Waals surface area contributed by atoms with Crippen molar-refractivity contribution in [3.8, 4) is 0 Å². The molecule has 1 aromatic carbocycles. The molecule has 2 N–H and O–H groups in total. The van der Waals surface area contributed by atoms with Gasteiger partial charge in [-0.05, 0) is 25.0 Å². The highest BCUT2D eigenvalue weighted by molar-refractivity contribution is 7.99. The van der Waals surface area contributed by atoms with Gasteiger partial charge >= 0.3 is 0 Å². The molecule has 7 heteroatoms. The molecule has 140 valence electrons. The predicted octanol–water partition coefficient (Wildman–Crippen LogP) is 2.69. The van der Waals surface area contributed by atoms with E-state index in [0.717, 1.165) is 35.7 Å². The zero-order valence-electron chi connectivity index (χ0n) is 14.9. The van der Waals surface area contributed by atoms with Crippen LogP contribution in [-0.2, 0) is 9.59 Å². The van der Waals surface area contributed by atoms with Crippen LogP contribution in [0.4, 0.5) is 5.69 Å². The van der Waals surface area contributed by atoms with Gasteiger partial charge in [-0.2, -0.15) is 11.8 Å². The first-order valence-corrected chi connectivity index (χ1v) is 9.70. The van der Waals surface area contributed by atoms with E-state index in [1.165, 1.54) is 0 Å². The third-order valence-corrected chi connectivity index (χ3v) is 5.15. The number of amides is 2. The van der Waals surface area contributed by atoms with Crippen molar-refractivity contribution in [3.05, 3.63) is 29.8 Å². The summed E-state index contributed by atoms with van der Waals surface area (Å²) in [5.74, 6) is 1.97. The maximum Gasteiger partial charge on any atom is 0.244 e. The van der Waals surface area contributed by atoms with E-state index in [2.05, 4.69) is 10.6 Å². The van der Waals surface area contributed by atoms with Gasteiger partial charge in [-0.15, -0.1) is 12.4 Å². The molecule has 1 aromatic rings. The molecule has 1 saturated heterocycles. The van der Waals surface area contributed by atoms with Crippen LogP contribution in [0.25, 0.3) is 0 Å². The highest BCUT2D eigenvalue weighted by atomic mass is 35.5. The molecule has 2 amide bonds. The molecule has 1 atom stereocenters. The quantitative estimate of drug-likeness (QED) is 0.757. The Morgan fingerprint density at radius 2 is 2.12 bits per heavy atom. The van der Waals surface area contributed by atoms with Crippen molar-refractivity contribution in [1.29, 1.82) is 0 Å². The number of anilines is 1. The van der Waals surface area contributed by atoms with Crippen molar-refractivity contribution in [3.63, 3.8) is 0 Å². The molecule has 1 aliphatic heterocycles. The lowest BCUT2D eigenvalue weighted by molar-refractivity contribution is -0.135. The number of para-hydroxylation sites is 1. The first-order valence-electron chi connectivity index (χ1n) is 8.54. The maximum absolute atomic E-state index is 12.6. The molecular weight excluding hydrogens is 358 g/mol. The minimum atomic E-state index is -0.142. The molecule has 1 fully saturated rings. The van der Waals surface area contributed by atoms with E-state index in [1.807, 2.05) is 49.9 Å². The predicted molar refractivity (Wildman–Crippen MR) is 108 cm³/mol. The standard InChI is InChI=1S/C18H27N3O2S.ClH/c1-3-9-21(18(23)11-15-13-24-10-8-19-15)12-17(22)20-16-7-5-4-6-14(16)2;/h4-7,15,19H,3,8-13H2,1-2H3,(H,20,22);1H. The van der Waals surface area contributed by atoms with Crippen LogP contribution in [-0.4, -0.2) is 53.9 Å². The van der Waals surface area contributed by atoms with Crippen LogP contribution >= 0.6 is 24.2 Å². The first kappa shape index (κ1) is 21.8. The van der Waals surface area contributed by atoms with Crippen molar-refractivity contribution in [1.82, 2.24) is 10.2 Å². The molecule has 0 saturated carbocycles. The van der Waals surface area contributed by atoms with Gasteiger partial charge in [0.05, 0.1) is 6.54 Å². The topological polar surface area (TPSA) is 61.4 Å². The Morgan fingerprint density at radius 1 is 1.36 bits per heavy atom. The van der Waals surface area contributed by atoms with E-state index in [1.54, 1.807) is 4.90 Å². The van der Waals surface area contributed by atoms with Crippen LogP contribution in [0, 0.1) is 6.92 Å². The molecule has 0 bridgehead atoms. The normalized spacial score (nSPS) is 16.6. The van der Waals surface area contributed by atoms with Crippen LogP contribution in [0.1, 0.15) is 25.3 Å². The van der Waals surface area contributed by atoms with Gasteiger partial charge in [0.1, 0.15) is 0 Å². The second kappa shape index (κ2) is 11.4. The van der Waals surface area contributed by atoms with Crippen molar-refractivity contribution < 1.29 is 9.59 Å². The molecule has 0 aliphatic carbocycles. The molecule has 1 aliphatic rings. The Hall–Kier alpha value is -1.24. The van der Waals surface area contributed by atoms with E-state index in [-0.39, 0.29) is 36.8 Å². The lowest BCUT2D eigenvalue weighted by Crippen LogP contribution is -2.44. The SMILES string of the molecule is CCCN(CC(=O)Nc1ccccc1C)C(=O)CC1CSCCN1.Cl. The van der Waals surface area contributed by atoms with Gasteiger partial charge in [-0.1, -0.05) is 25.1 Å². The summed E-state index contributed by atoms with van der Waals surface area (Å²) in [6.45, 7) is 5.65. The Kier molecular flexibility index (Phi) is 9.93. The number of hydrogen-bond acceptors (Lipinski definition) is 4. The van der Waals surface area contributed by atoms with E-state index in [4.69, 9.17) is 0 Å². The summed E-state index contributed by atoms with van der Waals surface area (Å²) >= 11 is 1.87. The number of nitrogens with one attached hydrogen (secondary N) is 2. The van der Waals surface area contributed by atoms with Crippen molar-refractivity contribution in [2.75, 3.05) is 36.5 Å². The summed E-state index contributed by atoms with van der Waals surface area (Å²) in [6.07, 6.45) is 1.31. The number of benzene rings is 1. The zero-order chi connectivity index (χ0) is 17.4. The number of thioether (sulfide) groups is 1. The Labute approximate surface area is 160 Å². The number of aryl methyl sites for hydroxylation is 1. The number of rotatable bonds is 7. The molecule has 0 radical (unpaired) electrons. The summed E-state index contributed by atoms with van der Waals surface area (Å²) in [5, 5.41) is 6.28. The van der Waals surface area contributed by atoms with Gasteiger partial charge in [0.15, 0.2) is 0 Å². The van der Waals surface area contributed by atoms with Crippen molar-refractivity contribution >= 4 is 41.7 Å². The fraction of sp³-hybridized carbons (Fsp3) is 0.556. The Bertz CT molecular complexity index is 565. The van der Waals surface area contributed by atoms with Gasteiger partial charge in [-0.3, -0.25) is 9.59 Å². The average molecular weight is 386 g/mol. The maximum atomic E-state index is 12.6. The fourth-order valence-electron chi connectivity index (χ4n) is 2.73. The summed E-state index contributed by atoms with van der Waals surface area (Å²) < 4.78 is 0. The number of carbonyl (C=O) groups is 2. The van der Waals surface area contributed by atoms with E-state index in [9.17, 15) is 9.59 Å². The third kappa shape index (κ3) is 7.26. The molecule has 5 nitrogen and oxygen atoms in total. The zero-order valence-corrected chi connectivity index (χ0v) is 16.5. The monoisotopic (exact) mass is 385 g/mol. The molecular formula is C18H28ClN3O2S. The van der Waals surface area contributed by atoms with Crippen LogP contribution in [0.3, 0.4) is 0 Å². The lowest BCUT2D eigenvalue weighted by atomic mass is 10.2. The Balaban J connectivity index is 0.00000312. The number of hydrogen-bond donors (Lipinski definition) is 2. The number of nitrogens with zero attached hydrogens (tertiary/aromatic N) is 1. The number of carbonyl (C=O) groups excluding carboxylic acids is 2. The van der Waals surface area contributed by atoms with E-state index in [0.29, 0.717) is 13.0 Å². The van der Waals surface area contributed by atoms with E-state index < -0.39 is 0 Å². The van der Waals surface area contributed by atoms with Crippen molar-refractivity contribution in [2.24, 2.45) is 0 Å². The van der Waals surface area contributed by atoms with Crippen molar-refractivity contribution in [2.45, 2.75) is 32.7 Å². The molecule has 0 aromatic heterocycles.